The van der Waals surface area contributed by atoms with Crippen molar-refractivity contribution in [1.29, 1.82) is 0 Å². The SMILES string of the molecule is CCC1CN(C(=NC)NCCc2coc(-c3ccc(C)cc3)n2)CCS1. The van der Waals surface area contributed by atoms with E-state index in [2.05, 4.69) is 57.9 Å². The van der Waals surface area contributed by atoms with Crippen LogP contribution in [0.15, 0.2) is 39.9 Å². The van der Waals surface area contributed by atoms with Crippen LogP contribution in [0.1, 0.15) is 24.6 Å². The minimum atomic E-state index is 0.684. The number of hydrogen-bond donors (Lipinski definition) is 1. The van der Waals surface area contributed by atoms with E-state index in [4.69, 9.17) is 4.42 Å². The average molecular weight is 373 g/mol. The first-order chi connectivity index (χ1) is 12.7. The molecule has 1 N–H and O–H groups in total. The molecule has 1 unspecified atom stereocenters. The molecule has 0 radical (unpaired) electrons. The summed E-state index contributed by atoms with van der Waals surface area (Å²) >= 11 is 2.07. The zero-order valence-corrected chi connectivity index (χ0v) is 16.7. The fraction of sp³-hybridized carbons (Fsp3) is 0.500. The Kier molecular flexibility index (Phi) is 6.61. The van der Waals surface area contributed by atoms with Gasteiger partial charge in [-0.15, -0.1) is 0 Å². The molecule has 1 fully saturated rings. The van der Waals surface area contributed by atoms with E-state index in [1.165, 1.54) is 17.7 Å². The fourth-order valence-electron chi connectivity index (χ4n) is 3.04. The second-order valence-corrected chi connectivity index (χ2v) is 7.99. The molecule has 6 heteroatoms. The Bertz CT molecular complexity index is 726. The summed E-state index contributed by atoms with van der Waals surface area (Å²) in [5, 5.41) is 4.18. The molecule has 0 spiro atoms. The van der Waals surface area contributed by atoms with Gasteiger partial charge in [-0.05, 0) is 25.5 Å². The monoisotopic (exact) mass is 372 g/mol. The van der Waals surface area contributed by atoms with Crippen LogP contribution in [0.3, 0.4) is 0 Å². The number of hydrogen-bond acceptors (Lipinski definition) is 4. The second-order valence-electron chi connectivity index (χ2n) is 6.58. The van der Waals surface area contributed by atoms with Gasteiger partial charge in [0.25, 0.3) is 0 Å². The van der Waals surface area contributed by atoms with Gasteiger partial charge in [0.05, 0.1) is 5.69 Å². The van der Waals surface area contributed by atoms with Crippen LogP contribution in [0.4, 0.5) is 0 Å². The van der Waals surface area contributed by atoms with Gasteiger partial charge in [0, 0.05) is 49.7 Å². The third-order valence-corrected chi connectivity index (χ3v) is 5.99. The van der Waals surface area contributed by atoms with E-state index in [0.717, 1.165) is 43.3 Å². The molecule has 0 bridgehead atoms. The minimum Gasteiger partial charge on any atom is -0.444 e. The van der Waals surface area contributed by atoms with Crippen LogP contribution in [-0.2, 0) is 6.42 Å². The number of thioether (sulfide) groups is 1. The first kappa shape index (κ1) is 18.8. The van der Waals surface area contributed by atoms with Crippen molar-refractivity contribution in [3.63, 3.8) is 0 Å². The van der Waals surface area contributed by atoms with Crippen LogP contribution in [0.5, 0.6) is 0 Å². The molecular formula is C20H28N4OS. The molecule has 3 rings (SSSR count). The van der Waals surface area contributed by atoms with E-state index in [0.29, 0.717) is 11.1 Å². The quantitative estimate of drug-likeness (QED) is 0.642. The Morgan fingerprint density at radius 1 is 1.38 bits per heavy atom. The van der Waals surface area contributed by atoms with Crippen LogP contribution >= 0.6 is 11.8 Å². The minimum absolute atomic E-state index is 0.684. The standard InChI is InChI=1S/C20H28N4OS/c1-4-18-13-24(11-12-26-18)20(21-3)22-10-9-17-14-25-19(23-17)16-7-5-15(2)6-8-16/h5-8,14,18H,4,9-13H2,1-3H3,(H,21,22). The molecule has 1 aromatic heterocycles. The number of aryl methyl sites for hydroxylation is 1. The molecule has 1 atom stereocenters. The molecule has 1 aliphatic rings. The normalized spacial score (nSPS) is 18.2. The van der Waals surface area contributed by atoms with E-state index in [1.54, 1.807) is 6.26 Å². The van der Waals surface area contributed by atoms with Crippen molar-refractivity contribution in [3.05, 3.63) is 41.8 Å². The van der Waals surface area contributed by atoms with Crippen LogP contribution < -0.4 is 5.32 Å². The number of guanidine groups is 1. The maximum Gasteiger partial charge on any atom is 0.226 e. The molecule has 1 aromatic carbocycles. The largest absolute Gasteiger partial charge is 0.444 e. The van der Waals surface area contributed by atoms with Crippen molar-refractivity contribution < 1.29 is 4.42 Å². The Balaban J connectivity index is 1.52. The van der Waals surface area contributed by atoms with Crippen LogP contribution in [-0.4, -0.2) is 53.5 Å². The van der Waals surface area contributed by atoms with Crippen LogP contribution in [0, 0.1) is 6.92 Å². The van der Waals surface area contributed by atoms with Gasteiger partial charge < -0.3 is 14.6 Å². The first-order valence-corrected chi connectivity index (χ1v) is 10.3. The molecule has 1 saturated heterocycles. The molecular weight excluding hydrogens is 344 g/mol. The number of benzene rings is 1. The van der Waals surface area contributed by atoms with Crippen molar-refractivity contribution >= 4 is 17.7 Å². The number of rotatable bonds is 5. The van der Waals surface area contributed by atoms with Gasteiger partial charge in [-0.2, -0.15) is 11.8 Å². The number of nitrogens with one attached hydrogen (secondary N) is 1. The van der Waals surface area contributed by atoms with Gasteiger partial charge >= 0.3 is 0 Å². The lowest BCUT2D eigenvalue weighted by Crippen LogP contribution is -2.48. The van der Waals surface area contributed by atoms with E-state index in [1.807, 2.05) is 19.2 Å². The smallest absolute Gasteiger partial charge is 0.226 e. The highest BCUT2D eigenvalue weighted by molar-refractivity contribution is 8.00. The summed E-state index contributed by atoms with van der Waals surface area (Å²) in [7, 11) is 1.86. The first-order valence-electron chi connectivity index (χ1n) is 9.28. The molecule has 0 amide bonds. The Morgan fingerprint density at radius 3 is 2.92 bits per heavy atom. The number of aliphatic imine (C=N–C) groups is 1. The average Bonchev–Trinajstić information content (AvgIpc) is 3.15. The third kappa shape index (κ3) is 4.81. The van der Waals surface area contributed by atoms with E-state index in [-0.39, 0.29) is 0 Å². The van der Waals surface area contributed by atoms with Crippen LogP contribution in [0.25, 0.3) is 11.5 Å². The molecule has 26 heavy (non-hydrogen) atoms. The molecule has 2 aromatic rings. The highest BCUT2D eigenvalue weighted by Gasteiger charge is 2.21. The Morgan fingerprint density at radius 2 is 2.19 bits per heavy atom. The number of oxazole rings is 1. The topological polar surface area (TPSA) is 53.7 Å². The zero-order valence-electron chi connectivity index (χ0n) is 15.9. The van der Waals surface area contributed by atoms with Gasteiger partial charge in [-0.1, -0.05) is 24.6 Å². The maximum atomic E-state index is 5.64. The Labute approximate surface area is 160 Å². The summed E-state index contributed by atoms with van der Waals surface area (Å²) in [6.07, 6.45) is 3.78. The molecule has 0 aliphatic carbocycles. The fourth-order valence-corrected chi connectivity index (χ4v) is 4.22. The van der Waals surface area contributed by atoms with Gasteiger partial charge in [-0.3, -0.25) is 4.99 Å². The lowest BCUT2D eigenvalue weighted by Gasteiger charge is -2.34. The van der Waals surface area contributed by atoms with E-state index >= 15 is 0 Å². The van der Waals surface area contributed by atoms with Crippen LogP contribution in [0.2, 0.25) is 0 Å². The van der Waals surface area contributed by atoms with Gasteiger partial charge in [0.2, 0.25) is 5.89 Å². The predicted molar refractivity (Wildman–Crippen MR) is 110 cm³/mol. The number of aromatic nitrogens is 1. The highest BCUT2D eigenvalue weighted by atomic mass is 32.2. The lowest BCUT2D eigenvalue weighted by atomic mass is 10.1. The zero-order chi connectivity index (χ0) is 18.4. The summed E-state index contributed by atoms with van der Waals surface area (Å²) in [6.45, 7) is 7.26. The van der Waals surface area contributed by atoms with Gasteiger partial charge in [-0.25, -0.2) is 4.98 Å². The summed E-state index contributed by atoms with van der Waals surface area (Å²) < 4.78 is 5.64. The van der Waals surface area contributed by atoms with Crippen molar-refractivity contribution in [2.75, 3.05) is 32.4 Å². The summed E-state index contributed by atoms with van der Waals surface area (Å²) in [5.74, 6) is 2.84. The van der Waals surface area contributed by atoms with Crippen molar-refractivity contribution in [1.82, 2.24) is 15.2 Å². The highest BCUT2D eigenvalue weighted by Crippen LogP contribution is 2.21. The van der Waals surface area contributed by atoms with Crippen molar-refractivity contribution in [3.8, 4) is 11.5 Å². The maximum absolute atomic E-state index is 5.64. The van der Waals surface area contributed by atoms with Gasteiger partial charge in [0.15, 0.2) is 5.96 Å². The molecule has 2 heterocycles. The summed E-state index contributed by atoms with van der Waals surface area (Å²) in [4.78, 5) is 11.4. The lowest BCUT2D eigenvalue weighted by molar-refractivity contribution is 0.408. The van der Waals surface area contributed by atoms with Crippen molar-refractivity contribution in [2.45, 2.75) is 31.9 Å². The van der Waals surface area contributed by atoms with Gasteiger partial charge in [0.1, 0.15) is 6.26 Å². The molecule has 0 saturated carbocycles. The summed E-state index contributed by atoms with van der Waals surface area (Å²) in [6, 6.07) is 8.24. The number of nitrogens with zero attached hydrogens (tertiary/aromatic N) is 3. The summed E-state index contributed by atoms with van der Waals surface area (Å²) in [5.41, 5.74) is 3.21. The molecule has 140 valence electrons. The Hall–Kier alpha value is -1.95. The van der Waals surface area contributed by atoms with Crippen molar-refractivity contribution in [2.24, 2.45) is 4.99 Å². The molecule has 1 aliphatic heterocycles. The molecule has 5 nitrogen and oxygen atoms in total. The van der Waals surface area contributed by atoms with E-state index < -0.39 is 0 Å². The third-order valence-electron chi connectivity index (χ3n) is 4.62. The predicted octanol–water partition coefficient (Wildman–Crippen LogP) is 3.60. The van der Waals surface area contributed by atoms with E-state index in [9.17, 15) is 0 Å². The second kappa shape index (κ2) is 9.12.